The van der Waals surface area contributed by atoms with Crippen LogP contribution in [-0.2, 0) is 11.8 Å². The fourth-order valence-corrected chi connectivity index (χ4v) is 7.81. The highest BCUT2D eigenvalue weighted by Gasteiger charge is 2.56. The van der Waals surface area contributed by atoms with Gasteiger partial charge in [-0.3, -0.25) is 18.6 Å². The Morgan fingerprint density at radius 1 is 1.02 bits per heavy atom. The van der Waals surface area contributed by atoms with E-state index in [2.05, 4.69) is 20.7 Å². The van der Waals surface area contributed by atoms with Crippen LogP contribution in [0.15, 0.2) is 53.6 Å². The lowest BCUT2D eigenvalue weighted by Gasteiger charge is -2.15. The third kappa shape index (κ3) is 5.80. The largest absolute Gasteiger partial charge is 0.453 e. The molecule has 2 amide bonds. The van der Waals surface area contributed by atoms with Crippen LogP contribution < -0.4 is 16.3 Å². The molecule has 3 N–H and O–H groups in total. The van der Waals surface area contributed by atoms with Crippen molar-refractivity contribution in [3.05, 3.63) is 70.7 Å². The Bertz CT molecular complexity index is 2510. The number of aromatic amines is 1. The van der Waals surface area contributed by atoms with Gasteiger partial charge in [-0.25, -0.2) is 19.0 Å². The molecule has 2 saturated carbocycles. The molecule has 0 radical (unpaired) electrons. The molecule has 2 aromatic carbocycles. The summed E-state index contributed by atoms with van der Waals surface area (Å²) in [5, 5.41) is 11.2. The third-order valence-corrected chi connectivity index (χ3v) is 10.6. The molecular weight excluding hydrogens is 696 g/mol. The van der Waals surface area contributed by atoms with E-state index in [1.807, 2.05) is 36.7 Å². The van der Waals surface area contributed by atoms with Crippen molar-refractivity contribution in [1.29, 1.82) is 0 Å². The van der Waals surface area contributed by atoms with Crippen LogP contribution in [0.2, 0.25) is 0 Å². The fraction of sp³-hybridized carbons (Fsp3) is 0.378. The lowest BCUT2D eigenvalue weighted by Crippen LogP contribution is -2.33. The van der Waals surface area contributed by atoms with Gasteiger partial charge in [0.1, 0.15) is 11.5 Å². The minimum absolute atomic E-state index is 0.103. The van der Waals surface area contributed by atoms with Crippen molar-refractivity contribution in [2.45, 2.75) is 69.9 Å². The number of pyridine rings is 1. The summed E-state index contributed by atoms with van der Waals surface area (Å²) in [7, 11) is 2.97. The number of fused-ring (bicyclic) bond motifs is 4. The second-order valence-electron chi connectivity index (χ2n) is 14.2. The van der Waals surface area contributed by atoms with Crippen molar-refractivity contribution in [2.75, 3.05) is 7.11 Å². The molecule has 8 rings (SSSR count). The van der Waals surface area contributed by atoms with Gasteiger partial charge in [0.05, 0.1) is 58.6 Å². The molecule has 2 fully saturated rings. The number of nitrogens with zero attached hydrogens (tertiary/aromatic N) is 5. The van der Waals surface area contributed by atoms with E-state index in [9.17, 15) is 27.6 Å². The number of carbonyl (C=O) groups is 2. The quantitative estimate of drug-likeness (QED) is 0.155. The standard InChI is InChI=1S/C37H36F4N8O4/c1-17(2)49-27-10-6-18(11-20(27)15-43-49)29-30-32-28(47(3)36(52)48(32)22-8-7-21(13-22)44-35(51)53-4)16-42-33(30)46-31(29)19-5-9-23(25(38)12-19)34(50)45-26-14-24(26)37(39,40)41/h5-6,9-12,15-17,21-22,24,26H,7-8,13-14H2,1-4H3,(H,42,46)(H,44,51)(H,45,50)/t21-,22-,24?,26?/m1/s1. The van der Waals surface area contributed by atoms with Gasteiger partial charge in [0, 0.05) is 47.7 Å². The van der Waals surface area contributed by atoms with E-state index >= 15 is 4.39 Å². The van der Waals surface area contributed by atoms with Gasteiger partial charge in [0.25, 0.3) is 5.91 Å². The molecule has 2 aliphatic rings. The van der Waals surface area contributed by atoms with Crippen LogP contribution in [0.4, 0.5) is 22.4 Å². The zero-order valence-electron chi connectivity index (χ0n) is 29.2. The van der Waals surface area contributed by atoms with Crippen molar-refractivity contribution in [3.63, 3.8) is 0 Å². The first kappa shape index (κ1) is 34.4. The highest BCUT2D eigenvalue weighted by atomic mass is 19.4. The second-order valence-corrected chi connectivity index (χ2v) is 14.2. The molecule has 2 unspecified atom stereocenters. The van der Waals surface area contributed by atoms with Gasteiger partial charge in [-0.1, -0.05) is 12.1 Å². The monoisotopic (exact) mass is 732 g/mol. The number of hydrogen-bond donors (Lipinski definition) is 3. The number of alkyl halides is 3. The predicted octanol–water partition coefficient (Wildman–Crippen LogP) is 6.75. The lowest BCUT2D eigenvalue weighted by molar-refractivity contribution is -0.148. The summed E-state index contributed by atoms with van der Waals surface area (Å²) in [6.45, 7) is 4.06. The second kappa shape index (κ2) is 12.5. The highest BCUT2D eigenvalue weighted by molar-refractivity contribution is 6.15. The maximum absolute atomic E-state index is 15.8. The molecule has 6 aromatic rings. The smallest absolute Gasteiger partial charge is 0.407 e. The molecule has 16 heteroatoms. The molecule has 0 bridgehead atoms. The van der Waals surface area contributed by atoms with E-state index < -0.39 is 36.0 Å². The number of H-pyrrole nitrogens is 1. The highest BCUT2D eigenvalue weighted by Crippen LogP contribution is 2.46. The van der Waals surface area contributed by atoms with E-state index in [1.54, 1.807) is 24.0 Å². The molecule has 0 aliphatic heterocycles. The molecular formula is C37H36F4N8O4. The summed E-state index contributed by atoms with van der Waals surface area (Å²) in [4.78, 5) is 46.9. The summed E-state index contributed by atoms with van der Waals surface area (Å²) in [6, 6.07) is 8.33. The van der Waals surface area contributed by atoms with Gasteiger partial charge in [-0.05, 0) is 69.4 Å². The summed E-state index contributed by atoms with van der Waals surface area (Å²) in [5.74, 6) is -3.48. The Morgan fingerprint density at radius 2 is 1.79 bits per heavy atom. The van der Waals surface area contributed by atoms with Crippen molar-refractivity contribution in [3.8, 4) is 22.4 Å². The minimum Gasteiger partial charge on any atom is -0.453 e. The Morgan fingerprint density at radius 3 is 2.49 bits per heavy atom. The zero-order valence-corrected chi connectivity index (χ0v) is 29.2. The van der Waals surface area contributed by atoms with Gasteiger partial charge in [0.15, 0.2) is 0 Å². The van der Waals surface area contributed by atoms with Gasteiger partial charge >= 0.3 is 18.0 Å². The van der Waals surface area contributed by atoms with Crippen LogP contribution in [0.1, 0.15) is 62.0 Å². The van der Waals surface area contributed by atoms with Crippen LogP contribution in [0.25, 0.3) is 55.4 Å². The first-order valence-corrected chi connectivity index (χ1v) is 17.4. The molecule has 4 heterocycles. The number of aromatic nitrogens is 6. The molecule has 4 atom stereocenters. The summed E-state index contributed by atoms with van der Waals surface area (Å²) in [6.07, 6.45) is -0.120. The summed E-state index contributed by atoms with van der Waals surface area (Å²) >= 11 is 0. The summed E-state index contributed by atoms with van der Waals surface area (Å²) in [5.41, 5.74) is 4.05. The molecule has 4 aromatic heterocycles. The number of halogens is 4. The number of nitrogens with one attached hydrogen (secondary N) is 3. The molecule has 0 spiro atoms. The van der Waals surface area contributed by atoms with Crippen LogP contribution in [-0.4, -0.2) is 66.3 Å². The van der Waals surface area contributed by atoms with Crippen molar-refractivity contribution in [1.82, 2.24) is 39.5 Å². The predicted molar refractivity (Wildman–Crippen MR) is 189 cm³/mol. The SMILES string of the molecule is COC(=O)N[C@@H]1CC[C@@H](n2c(=O)n(C)c3cnc4[nH]c(-c5ccc(C(=O)NC6CC6C(F)(F)F)c(F)c5)c(-c5ccc6c(cnn6C(C)C)c5)c4c32)C1. The Balaban J connectivity index is 1.29. The van der Waals surface area contributed by atoms with Gasteiger partial charge in [-0.2, -0.15) is 18.3 Å². The Labute approximate surface area is 299 Å². The number of carbonyl (C=O) groups excluding carboxylic acids is 2. The lowest BCUT2D eigenvalue weighted by atomic mass is 9.96. The Hall–Kier alpha value is -5.67. The number of amides is 2. The third-order valence-electron chi connectivity index (χ3n) is 10.6. The number of imidazole rings is 1. The molecule has 276 valence electrons. The maximum Gasteiger partial charge on any atom is 0.407 e. The van der Waals surface area contributed by atoms with Crippen molar-refractivity contribution in [2.24, 2.45) is 13.0 Å². The van der Waals surface area contributed by atoms with E-state index in [1.165, 1.54) is 29.9 Å². The first-order valence-electron chi connectivity index (χ1n) is 17.4. The number of rotatable bonds is 7. The van der Waals surface area contributed by atoms with Crippen molar-refractivity contribution >= 4 is 45.0 Å². The normalized spacial score (nSPS) is 20.2. The molecule has 2 aliphatic carbocycles. The van der Waals surface area contributed by atoms with E-state index in [4.69, 9.17) is 9.72 Å². The van der Waals surface area contributed by atoms with Crippen LogP contribution in [0, 0.1) is 11.7 Å². The van der Waals surface area contributed by atoms with Gasteiger partial charge in [-0.15, -0.1) is 0 Å². The van der Waals surface area contributed by atoms with Crippen molar-refractivity contribution < 1.29 is 31.9 Å². The first-order chi connectivity index (χ1) is 25.2. The fourth-order valence-electron chi connectivity index (χ4n) is 7.81. The molecule has 53 heavy (non-hydrogen) atoms. The average Bonchev–Trinajstić information content (AvgIpc) is 3.41. The van der Waals surface area contributed by atoms with E-state index in [-0.39, 0.29) is 35.8 Å². The number of ether oxygens (including phenoxy) is 1. The number of benzene rings is 2. The maximum atomic E-state index is 15.8. The number of alkyl carbamates (subject to hydrolysis) is 1. The zero-order chi connectivity index (χ0) is 37.5. The van der Waals surface area contributed by atoms with E-state index in [0.717, 1.165) is 16.5 Å². The number of hydrogen-bond acceptors (Lipinski definition) is 6. The van der Waals surface area contributed by atoms with Crippen LogP contribution >= 0.6 is 0 Å². The minimum atomic E-state index is -4.44. The van der Waals surface area contributed by atoms with Crippen LogP contribution in [0.5, 0.6) is 0 Å². The summed E-state index contributed by atoms with van der Waals surface area (Å²) < 4.78 is 65.0. The number of methoxy groups -OCH3 is 1. The average molecular weight is 733 g/mol. The van der Waals surface area contributed by atoms with E-state index in [0.29, 0.717) is 58.2 Å². The topological polar surface area (TPSA) is 141 Å². The van der Waals surface area contributed by atoms with Crippen LogP contribution in [0.3, 0.4) is 0 Å². The molecule has 12 nitrogen and oxygen atoms in total. The number of aryl methyl sites for hydroxylation is 1. The molecule has 0 saturated heterocycles. The Kier molecular flexibility index (Phi) is 8.11. The van der Waals surface area contributed by atoms with Gasteiger partial charge < -0.3 is 20.4 Å². The van der Waals surface area contributed by atoms with Gasteiger partial charge in [0.2, 0.25) is 0 Å².